The Bertz CT molecular complexity index is 1150. The molecule has 1 unspecified atom stereocenters. The molecule has 2 fully saturated rings. The summed E-state index contributed by atoms with van der Waals surface area (Å²) in [7, 11) is 1.20. The van der Waals surface area contributed by atoms with Crippen molar-refractivity contribution in [3.05, 3.63) is 35.9 Å². The van der Waals surface area contributed by atoms with E-state index in [2.05, 4.69) is 26.0 Å². The van der Waals surface area contributed by atoms with E-state index in [0.717, 1.165) is 5.56 Å². The van der Waals surface area contributed by atoms with Gasteiger partial charge in [-0.3, -0.25) is 24.0 Å². The van der Waals surface area contributed by atoms with E-state index in [9.17, 15) is 28.8 Å². The summed E-state index contributed by atoms with van der Waals surface area (Å²) in [5.41, 5.74) is 0.846. The monoisotopic (exact) mass is 591 g/mol. The van der Waals surface area contributed by atoms with Crippen LogP contribution in [0.1, 0.15) is 32.8 Å². The van der Waals surface area contributed by atoms with E-state index in [4.69, 9.17) is 4.74 Å². The average molecular weight is 592 g/mol. The maximum absolute atomic E-state index is 13.0. The van der Waals surface area contributed by atoms with Crippen molar-refractivity contribution < 1.29 is 38.2 Å². The van der Waals surface area contributed by atoms with Crippen LogP contribution in [0.15, 0.2) is 30.3 Å². The second-order valence-electron chi connectivity index (χ2n) is 10.2. The third-order valence-electron chi connectivity index (χ3n) is 6.68. The van der Waals surface area contributed by atoms with Crippen LogP contribution in [0.4, 0.5) is 0 Å². The van der Waals surface area contributed by atoms with Crippen molar-refractivity contribution >= 4 is 47.3 Å². The van der Waals surface area contributed by atoms with Crippen LogP contribution in [0.3, 0.4) is 0 Å². The standard InChI is InChI=1S/C27H37N5O8S/c1-16(23(36)30-14-19(34)29-15-20(35)39-4)28-11-8-12-40-26(38)22-27(2,3)41-25-21(24(37)32(22)25)31-18(33)13-17-9-6-5-7-10-17/h5-7,9-10,16,21-22,25,28H,8,11-15H2,1-4H3,(H,29,34)(H,30,36)(H,31,33)/t16-,21+,22?,25+/m0/s1. The third-order valence-corrected chi connectivity index (χ3v) is 8.25. The molecular formula is C27H37N5O8S. The fourth-order valence-electron chi connectivity index (χ4n) is 4.49. The normalized spacial score (nSPS) is 21.1. The predicted molar refractivity (Wildman–Crippen MR) is 149 cm³/mol. The minimum Gasteiger partial charge on any atom is -0.468 e. The smallest absolute Gasteiger partial charge is 0.330 e. The first kappa shape index (κ1) is 31.9. The van der Waals surface area contributed by atoms with Gasteiger partial charge in [-0.2, -0.15) is 0 Å². The number of fused-ring (bicyclic) bond motifs is 1. The number of thioether (sulfide) groups is 1. The zero-order valence-corrected chi connectivity index (χ0v) is 24.4. The Kier molecular flexibility index (Phi) is 11.1. The first-order chi connectivity index (χ1) is 19.4. The van der Waals surface area contributed by atoms with Gasteiger partial charge in [0.05, 0.1) is 32.7 Å². The first-order valence-electron chi connectivity index (χ1n) is 13.3. The number of β-lactam (4-membered cyclic amide) rings is 1. The lowest BCUT2D eigenvalue weighted by Crippen LogP contribution is -2.70. The molecule has 4 amide bonds. The van der Waals surface area contributed by atoms with Crippen molar-refractivity contribution in [1.82, 2.24) is 26.2 Å². The highest BCUT2D eigenvalue weighted by Crippen LogP contribution is 2.51. The second-order valence-corrected chi connectivity index (χ2v) is 12.0. The zero-order valence-electron chi connectivity index (χ0n) is 23.6. The largest absolute Gasteiger partial charge is 0.468 e. The second kappa shape index (κ2) is 14.3. The first-order valence-corrected chi connectivity index (χ1v) is 14.2. The van der Waals surface area contributed by atoms with Gasteiger partial charge in [-0.25, -0.2) is 4.79 Å². The van der Waals surface area contributed by atoms with Gasteiger partial charge in [0.25, 0.3) is 0 Å². The van der Waals surface area contributed by atoms with Crippen molar-refractivity contribution in [2.45, 2.75) is 61.9 Å². The Morgan fingerprint density at radius 3 is 2.44 bits per heavy atom. The number of benzene rings is 1. The summed E-state index contributed by atoms with van der Waals surface area (Å²) in [6.07, 6.45) is 0.580. The number of ether oxygens (including phenoxy) is 2. The Morgan fingerprint density at radius 1 is 1.05 bits per heavy atom. The number of nitrogens with zero attached hydrogens (tertiary/aromatic N) is 1. The van der Waals surface area contributed by atoms with Crippen LogP contribution in [0.2, 0.25) is 0 Å². The summed E-state index contributed by atoms with van der Waals surface area (Å²) >= 11 is 1.46. The lowest BCUT2D eigenvalue weighted by atomic mass is 9.96. The van der Waals surface area contributed by atoms with Crippen LogP contribution in [-0.2, 0) is 44.7 Å². The van der Waals surface area contributed by atoms with Gasteiger partial charge in [0.1, 0.15) is 24.0 Å². The van der Waals surface area contributed by atoms with Crippen molar-refractivity contribution in [2.24, 2.45) is 0 Å². The Morgan fingerprint density at radius 2 is 1.76 bits per heavy atom. The van der Waals surface area contributed by atoms with Crippen molar-refractivity contribution in [1.29, 1.82) is 0 Å². The maximum Gasteiger partial charge on any atom is 0.330 e. The summed E-state index contributed by atoms with van der Waals surface area (Å²) in [5.74, 6) is -2.62. The van der Waals surface area contributed by atoms with Crippen LogP contribution >= 0.6 is 11.8 Å². The highest BCUT2D eigenvalue weighted by molar-refractivity contribution is 8.01. The van der Waals surface area contributed by atoms with Crippen molar-refractivity contribution in [3.8, 4) is 0 Å². The Hall–Kier alpha value is -3.65. The molecule has 0 spiro atoms. The van der Waals surface area contributed by atoms with Gasteiger partial charge in [-0.1, -0.05) is 30.3 Å². The third kappa shape index (κ3) is 8.43. The van der Waals surface area contributed by atoms with E-state index in [1.165, 1.54) is 23.8 Å². The molecule has 2 aliphatic heterocycles. The Balaban J connectivity index is 1.36. The molecule has 224 valence electrons. The van der Waals surface area contributed by atoms with Gasteiger partial charge in [0.15, 0.2) is 0 Å². The van der Waals surface area contributed by atoms with Crippen LogP contribution in [0.5, 0.6) is 0 Å². The number of rotatable bonds is 14. The number of methoxy groups -OCH3 is 1. The molecule has 4 N–H and O–H groups in total. The van der Waals surface area contributed by atoms with Crippen LogP contribution < -0.4 is 21.3 Å². The maximum atomic E-state index is 13.0. The molecule has 0 aromatic heterocycles. The fourth-order valence-corrected chi connectivity index (χ4v) is 6.11. The number of amides is 4. The van der Waals surface area contributed by atoms with Gasteiger partial charge in [0.2, 0.25) is 23.6 Å². The summed E-state index contributed by atoms with van der Waals surface area (Å²) < 4.78 is 9.28. The molecule has 2 aliphatic rings. The molecule has 0 radical (unpaired) electrons. The molecule has 2 saturated heterocycles. The molecule has 2 heterocycles. The molecule has 1 aromatic rings. The minimum absolute atomic E-state index is 0.0806. The fraction of sp³-hybridized carbons (Fsp3) is 0.556. The molecule has 0 aliphatic carbocycles. The average Bonchev–Trinajstić information content (AvgIpc) is 3.20. The number of esters is 2. The number of carbonyl (C=O) groups excluding carboxylic acids is 6. The molecule has 41 heavy (non-hydrogen) atoms. The molecule has 1 aromatic carbocycles. The topological polar surface area (TPSA) is 172 Å². The molecule has 14 heteroatoms. The summed E-state index contributed by atoms with van der Waals surface area (Å²) in [5, 5.41) is 10.2. The van der Waals surface area contributed by atoms with Crippen LogP contribution in [-0.4, -0.2) is 102 Å². The van der Waals surface area contributed by atoms with Gasteiger partial charge in [-0.05, 0) is 39.3 Å². The number of nitrogens with one attached hydrogen (secondary N) is 4. The van der Waals surface area contributed by atoms with E-state index in [1.54, 1.807) is 6.92 Å². The summed E-state index contributed by atoms with van der Waals surface area (Å²) in [6, 6.07) is 7.16. The molecular weight excluding hydrogens is 554 g/mol. The van der Waals surface area contributed by atoms with E-state index < -0.39 is 46.6 Å². The lowest BCUT2D eigenvalue weighted by molar-refractivity contribution is -0.164. The number of carbonyl (C=O) groups is 6. The molecule has 4 atom stereocenters. The van der Waals surface area contributed by atoms with Gasteiger partial charge < -0.3 is 35.6 Å². The molecule has 3 rings (SSSR count). The number of hydrogen-bond acceptors (Lipinski definition) is 10. The lowest BCUT2D eigenvalue weighted by Gasteiger charge is -2.44. The van der Waals surface area contributed by atoms with Gasteiger partial charge >= 0.3 is 11.9 Å². The molecule has 13 nitrogen and oxygen atoms in total. The Labute approximate surface area is 242 Å². The van der Waals surface area contributed by atoms with Crippen molar-refractivity contribution in [3.63, 3.8) is 0 Å². The van der Waals surface area contributed by atoms with Gasteiger partial charge in [-0.15, -0.1) is 11.8 Å². The van der Waals surface area contributed by atoms with Crippen LogP contribution in [0, 0.1) is 0 Å². The van der Waals surface area contributed by atoms with Crippen LogP contribution in [0.25, 0.3) is 0 Å². The van der Waals surface area contributed by atoms with E-state index in [-0.39, 0.29) is 43.3 Å². The van der Waals surface area contributed by atoms with E-state index >= 15 is 0 Å². The summed E-state index contributed by atoms with van der Waals surface area (Å²) in [4.78, 5) is 74.7. The highest BCUT2D eigenvalue weighted by Gasteiger charge is 2.64. The van der Waals surface area contributed by atoms with E-state index in [1.807, 2.05) is 44.2 Å². The minimum atomic E-state index is -0.782. The quantitative estimate of drug-likeness (QED) is 0.121. The van der Waals surface area contributed by atoms with E-state index in [0.29, 0.717) is 13.0 Å². The zero-order chi connectivity index (χ0) is 30.2. The van der Waals surface area contributed by atoms with Gasteiger partial charge in [0, 0.05) is 4.75 Å². The summed E-state index contributed by atoms with van der Waals surface area (Å²) in [6.45, 7) is 5.23. The SMILES string of the molecule is COC(=O)CNC(=O)CNC(=O)[C@H](C)NCCCOC(=O)C1N2C(=O)[C@@H](NC(=O)Cc3ccccc3)[C@H]2SC1(C)C. The molecule has 0 bridgehead atoms. The molecule has 0 saturated carbocycles. The van der Waals surface area contributed by atoms with Crippen molar-refractivity contribution in [2.75, 3.05) is 33.4 Å². The highest BCUT2D eigenvalue weighted by atomic mass is 32.2. The number of hydrogen-bond donors (Lipinski definition) is 4. The predicted octanol–water partition coefficient (Wildman–Crippen LogP) is -0.907.